The summed E-state index contributed by atoms with van der Waals surface area (Å²) in [5, 5.41) is 0. The number of carbonyl (C=O) groups is 2. The summed E-state index contributed by atoms with van der Waals surface area (Å²) in [6, 6.07) is 4.37. The molecule has 0 aromatic heterocycles. The highest BCUT2D eigenvalue weighted by atomic mass is 19.1. The molecule has 1 aliphatic rings. The minimum absolute atomic E-state index is 0.0322. The van der Waals surface area contributed by atoms with E-state index in [9.17, 15) is 14.0 Å². The van der Waals surface area contributed by atoms with Crippen LogP contribution in [-0.2, 0) is 14.3 Å². The van der Waals surface area contributed by atoms with Gasteiger partial charge in [-0.05, 0) is 35.8 Å². The third-order valence-electron chi connectivity index (χ3n) is 3.53. The van der Waals surface area contributed by atoms with E-state index >= 15 is 0 Å². The van der Waals surface area contributed by atoms with Crippen molar-refractivity contribution in [3.63, 3.8) is 0 Å². The standard InChI is InChI=1S/C19H17FO4/c1-4-18(21)23-16-8-6-13(10-12(16)3)14-7-9-17(15(20)11-14)24-19(22)5-2/h4-9,11-12H,1-2,10H2,3H3. The Bertz CT molecular complexity index is 759. The van der Waals surface area contributed by atoms with E-state index in [0.29, 0.717) is 17.7 Å². The lowest BCUT2D eigenvalue weighted by Gasteiger charge is -2.21. The van der Waals surface area contributed by atoms with E-state index in [0.717, 1.165) is 17.7 Å². The lowest BCUT2D eigenvalue weighted by atomic mass is 9.89. The number of hydrogen-bond acceptors (Lipinski definition) is 4. The van der Waals surface area contributed by atoms with Crippen molar-refractivity contribution < 1.29 is 23.5 Å². The van der Waals surface area contributed by atoms with Crippen molar-refractivity contribution in [3.8, 4) is 5.75 Å². The predicted molar refractivity (Wildman–Crippen MR) is 88.4 cm³/mol. The number of allylic oxidation sites excluding steroid dienone is 4. The Morgan fingerprint density at radius 1 is 1.17 bits per heavy atom. The molecule has 0 saturated carbocycles. The second-order valence-corrected chi connectivity index (χ2v) is 5.26. The molecule has 0 heterocycles. The fourth-order valence-electron chi connectivity index (χ4n) is 2.29. The molecule has 0 saturated heterocycles. The van der Waals surface area contributed by atoms with Crippen LogP contribution in [0.1, 0.15) is 18.9 Å². The molecule has 1 aromatic rings. The molecular weight excluding hydrogens is 311 g/mol. The third kappa shape index (κ3) is 4.07. The zero-order chi connectivity index (χ0) is 17.7. The number of halogens is 1. The Hall–Kier alpha value is -2.95. The van der Waals surface area contributed by atoms with Gasteiger partial charge in [-0.25, -0.2) is 14.0 Å². The van der Waals surface area contributed by atoms with Crippen molar-refractivity contribution in [2.75, 3.05) is 0 Å². The van der Waals surface area contributed by atoms with Crippen molar-refractivity contribution in [1.29, 1.82) is 0 Å². The van der Waals surface area contributed by atoms with Crippen LogP contribution in [0.25, 0.3) is 5.57 Å². The molecule has 1 unspecified atom stereocenters. The van der Waals surface area contributed by atoms with Gasteiger partial charge < -0.3 is 9.47 Å². The lowest BCUT2D eigenvalue weighted by molar-refractivity contribution is -0.134. The van der Waals surface area contributed by atoms with E-state index in [1.54, 1.807) is 18.2 Å². The van der Waals surface area contributed by atoms with Crippen LogP contribution in [0.2, 0.25) is 0 Å². The average Bonchev–Trinajstić information content (AvgIpc) is 2.58. The maximum Gasteiger partial charge on any atom is 0.335 e. The first-order valence-electron chi connectivity index (χ1n) is 7.33. The van der Waals surface area contributed by atoms with Gasteiger partial charge in [0.05, 0.1) is 0 Å². The van der Waals surface area contributed by atoms with E-state index in [2.05, 4.69) is 13.2 Å². The number of rotatable bonds is 5. The van der Waals surface area contributed by atoms with Gasteiger partial charge in [-0.1, -0.05) is 32.2 Å². The highest BCUT2D eigenvalue weighted by molar-refractivity contribution is 5.83. The van der Waals surface area contributed by atoms with Crippen LogP contribution in [0.4, 0.5) is 4.39 Å². The highest BCUT2D eigenvalue weighted by Gasteiger charge is 2.20. The summed E-state index contributed by atoms with van der Waals surface area (Å²) in [5.41, 5.74) is 1.56. The summed E-state index contributed by atoms with van der Waals surface area (Å²) in [6.45, 7) is 8.53. The van der Waals surface area contributed by atoms with Gasteiger partial charge in [0.2, 0.25) is 0 Å². The summed E-state index contributed by atoms with van der Waals surface area (Å²) in [5.74, 6) is -1.50. The Kier molecular flexibility index (Phi) is 5.47. The Morgan fingerprint density at radius 3 is 2.42 bits per heavy atom. The highest BCUT2D eigenvalue weighted by Crippen LogP contribution is 2.33. The number of esters is 2. The number of benzene rings is 1. The van der Waals surface area contributed by atoms with Crippen LogP contribution in [0, 0.1) is 11.7 Å². The quantitative estimate of drug-likeness (QED) is 0.466. The number of hydrogen-bond donors (Lipinski definition) is 0. The Labute approximate surface area is 139 Å². The monoisotopic (exact) mass is 328 g/mol. The van der Waals surface area contributed by atoms with Crippen molar-refractivity contribution in [3.05, 3.63) is 72.8 Å². The van der Waals surface area contributed by atoms with Crippen LogP contribution >= 0.6 is 0 Å². The van der Waals surface area contributed by atoms with Gasteiger partial charge in [0.15, 0.2) is 11.6 Å². The van der Waals surface area contributed by atoms with Crippen molar-refractivity contribution in [2.45, 2.75) is 13.3 Å². The number of ether oxygens (including phenoxy) is 2. The molecule has 124 valence electrons. The second-order valence-electron chi connectivity index (χ2n) is 5.26. The molecule has 4 nitrogen and oxygen atoms in total. The van der Waals surface area contributed by atoms with Gasteiger partial charge in [-0.2, -0.15) is 0 Å². The van der Waals surface area contributed by atoms with E-state index in [1.165, 1.54) is 12.1 Å². The first-order chi connectivity index (χ1) is 11.4. The smallest absolute Gasteiger partial charge is 0.335 e. The van der Waals surface area contributed by atoms with Gasteiger partial charge >= 0.3 is 11.9 Å². The molecule has 1 aliphatic carbocycles. The summed E-state index contributed by atoms with van der Waals surface area (Å²) in [4.78, 5) is 22.4. The maximum absolute atomic E-state index is 14.1. The molecule has 2 rings (SSSR count). The molecule has 0 spiro atoms. The molecule has 5 heteroatoms. The van der Waals surface area contributed by atoms with Gasteiger partial charge in [0, 0.05) is 18.1 Å². The Morgan fingerprint density at radius 2 is 1.83 bits per heavy atom. The van der Waals surface area contributed by atoms with Crippen LogP contribution in [0.3, 0.4) is 0 Å². The molecular formula is C19H17FO4. The molecule has 0 N–H and O–H groups in total. The first-order valence-corrected chi connectivity index (χ1v) is 7.33. The van der Waals surface area contributed by atoms with Crippen LogP contribution in [0.5, 0.6) is 5.75 Å². The molecule has 0 aliphatic heterocycles. The zero-order valence-corrected chi connectivity index (χ0v) is 13.3. The summed E-state index contributed by atoms with van der Waals surface area (Å²) in [7, 11) is 0. The molecule has 0 bridgehead atoms. The number of carbonyl (C=O) groups excluding carboxylic acids is 2. The van der Waals surface area contributed by atoms with Gasteiger partial charge in [0.1, 0.15) is 5.76 Å². The van der Waals surface area contributed by atoms with E-state index in [4.69, 9.17) is 9.47 Å². The summed E-state index contributed by atoms with van der Waals surface area (Å²) in [6.07, 6.45) is 6.12. The Balaban J connectivity index is 2.21. The van der Waals surface area contributed by atoms with Crippen LogP contribution in [-0.4, -0.2) is 11.9 Å². The van der Waals surface area contributed by atoms with Crippen LogP contribution in [0.15, 0.2) is 61.4 Å². The topological polar surface area (TPSA) is 52.6 Å². The normalized spacial score (nSPS) is 16.5. The minimum Gasteiger partial charge on any atom is -0.428 e. The largest absolute Gasteiger partial charge is 0.428 e. The molecule has 1 aromatic carbocycles. The molecule has 0 radical (unpaired) electrons. The van der Waals surface area contributed by atoms with Crippen molar-refractivity contribution in [1.82, 2.24) is 0 Å². The fraction of sp³-hybridized carbons (Fsp3) is 0.158. The molecule has 24 heavy (non-hydrogen) atoms. The maximum atomic E-state index is 14.1. The molecule has 0 amide bonds. The van der Waals surface area contributed by atoms with E-state index in [-0.39, 0.29) is 11.7 Å². The van der Waals surface area contributed by atoms with Gasteiger partial charge in [-0.15, -0.1) is 0 Å². The average molecular weight is 328 g/mol. The second kappa shape index (κ2) is 7.55. The van der Waals surface area contributed by atoms with Gasteiger partial charge in [-0.3, -0.25) is 0 Å². The van der Waals surface area contributed by atoms with Gasteiger partial charge in [0.25, 0.3) is 0 Å². The van der Waals surface area contributed by atoms with Crippen LogP contribution < -0.4 is 4.74 Å². The first kappa shape index (κ1) is 17.4. The fourth-order valence-corrected chi connectivity index (χ4v) is 2.29. The van der Waals surface area contributed by atoms with E-state index in [1.807, 2.05) is 6.92 Å². The summed E-state index contributed by atoms with van der Waals surface area (Å²) >= 11 is 0. The van der Waals surface area contributed by atoms with E-state index < -0.39 is 17.8 Å². The third-order valence-corrected chi connectivity index (χ3v) is 3.53. The molecule has 1 atom stereocenters. The molecule has 0 fully saturated rings. The summed E-state index contributed by atoms with van der Waals surface area (Å²) < 4.78 is 24.0. The predicted octanol–water partition coefficient (Wildman–Crippen LogP) is 3.95. The SMILES string of the molecule is C=CC(=O)OC1=CC=C(c2ccc(OC(=O)C=C)c(F)c2)CC1C. The van der Waals surface area contributed by atoms with Crippen molar-refractivity contribution >= 4 is 17.5 Å². The zero-order valence-electron chi connectivity index (χ0n) is 13.3. The lowest BCUT2D eigenvalue weighted by Crippen LogP contribution is -2.11. The van der Waals surface area contributed by atoms with Crippen molar-refractivity contribution in [2.24, 2.45) is 5.92 Å². The minimum atomic E-state index is -0.719.